The number of benzene rings is 1. The number of nitrogens with zero attached hydrogens (tertiary/aromatic N) is 3. The van der Waals surface area contributed by atoms with Crippen molar-refractivity contribution in [2.75, 3.05) is 19.6 Å². The summed E-state index contributed by atoms with van der Waals surface area (Å²) in [5, 5.41) is 1.09. The molecule has 1 aliphatic carbocycles. The lowest BCUT2D eigenvalue weighted by Crippen LogP contribution is -2.31. The van der Waals surface area contributed by atoms with Crippen LogP contribution in [0.3, 0.4) is 0 Å². The van der Waals surface area contributed by atoms with E-state index in [1.807, 2.05) is 18.5 Å². The van der Waals surface area contributed by atoms with Gasteiger partial charge in [0.05, 0.1) is 16.9 Å². The van der Waals surface area contributed by atoms with E-state index in [9.17, 15) is 0 Å². The van der Waals surface area contributed by atoms with E-state index >= 15 is 0 Å². The molecule has 2 atom stereocenters. The fourth-order valence-electron chi connectivity index (χ4n) is 4.42. The lowest BCUT2D eigenvalue weighted by Gasteiger charge is -2.28. The Morgan fingerprint density at radius 2 is 1.97 bits per heavy atom. The van der Waals surface area contributed by atoms with Crippen molar-refractivity contribution in [3.63, 3.8) is 0 Å². The molecule has 2 aromatic heterocycles. The Hall–Kier alpha value is -2.86. The number of rotatable bonds is 8. The number of hydrogen-bond donors (Lipinski definition) is 0. The SMILES string of the molecule is Clc1ccc(OCc2ccnc(C3=CCN(CC4C=CC=CC4Cc4cnco4)C3)c2)c(Cl)c1. The van der Waals surface area contributed by atoms with Gasteiger partial charge in [0, 0.05) is 37.3 Å². The van der Waals surface area contributed by atoms with Crippen molar-refractivity contribution in [2.45, 2.75) is 13.0 Å². The molecule has 7 heteroatoms. The van der Waals surface area contributed by atoms with Gasteiger partial charge in [0.15, 0.2) is 6.39 Å². The van der Waals surface area contributed by atoms with Crippen LogP contribution in [0.4, 0.5) is 0 Å². The second-order valence-electron chi connectivity index (χ2n) is 8.61. The van der Waals surface area contributed by atoms with Crippen LogP contribution in [0.25, 0.3) is 5.57 Å². The highest BCUT2D eigenvalue weighted by molar-refractivity contribution is 6.35. The third-order valence-electron chi connectivity index (χ3n) is 6.20. The van der Waals surface area contributed by atoms with E-state index in [0.717, 1.165) is 43.1 Å². The van der Waals surface area contributed by atoms with Crippen molar-refractivity contribution in [3.8, 4) is 5.75 Å². The summed E-state index contributed by atoms with van der Waals surface area (Å²) in [5.41, 5.74) is 3.28. The summed E-state index contributed by atoms with van der Waals surface area (Å²) in [5.74, 6) is 2.38. The lowest BCUT2D eigenvalue weighted by atomic mass is 9.85. The number of hydrogen-bond acceptors (Lipinski definition) is 5. The second-order valence-corrected chi connectivity index (χ2v) is 9.45. The molecule has 0 fully saturated rings. The Morgan fingerprint density at radius 1 is 1.09 bits per heavy atom. The van der Waals surface area contributed by atoms with Crippen LogP contribution in [0.5, 0.6) is 5.75 Å². The van der Waals surface area contributed by atoms with Gasteiger partial charge in [0.1, 0.15) is 18.1 Å². The molecule has 5 rings (SSSR count). The van der Waals surface area contributed by atoms with Crippen LogP contribution < -0.4 is 4.74 Å². The molecule has 0 bridgehead atoms. The van der Waals surface area contributed by atoms with E-state index < -0.39 is 0 Å². The number of allylic oxidation sites excluding steroid dienone is 3. The predicted molar refractivity (Wildman–Crippen MR) is 135 cm³/mol. The largest absolute Gasteiger partial charge is 0.487 e. The summed E-state index contributed by atoms with van der Waals surface area (Å²) in [4.78, 5) is 11.1. The highest BCUT2D eigenvalue weighted by Crippen LogP contribution is 2.30. The lowest BCUT2D eigenvalue weighted by molar-refractivity contribution is 0.276. The van der Waals surface area contributed by atoms with Crippen molar-refractivity contribution in [1.29, 1.82) is 0 Å². The van der Waals surface area contributed by atoms with Crippen LogP contribution in [-0.4, -0.2) is 34.5 Å². The smallest absolute Gasteiger partial charge is 0.180 e. The standard InChI is InChI=1S/C27H25Cl2N3O2/c28-23-5-6-27(25(29)13-23)33-17-19-7-9-31-26(11-19)22-8-10-32(16-22)15-21-4-2-1-3-20(21)12-24-14-30-18-34-24/h1-9,11,13-14,18,20-21H,10,12,15-17H2. The van der Waals surface area contributed by atoms with Gasteiger partial charge in [-0.3, -0.25) is 9.88 Å². The number of oxazole rings is 1. The Labute approximate surface area is 209 Å². The van der Waals surface area contributed by atoms with Crippen LogP contribution >= 0.6 is 23.2 Å². The summed E-state index contributed by atoms with van der Waals surface area (Å²) >= 11 is 12.2. The summed E-state index contributed by atoms with van der Waals surface area (Å²) in [6.45, 7) is 3.19. The third kappa shape index (κ3) is 5.61. The molecule has 0 saturated carbocycles. The summed E-state index contributed by atoms with van der Waals surface area (Å²) in [6, 6.07) is 9.30. The highest BCUT2D eigenvalue weighted by Gasteiger charge is 2.25. The fraction of sp³-hybridized carbons (Fsp3) is 0.259. The van der Waals surface area contributed by atoms with Crippen molar-refractivity contribution < 1.29 is 9.15 Å². The minimum Gasteiger partial charge on any atom is -0.487 e. The van der Waals surface area contributed by atoms with Crippen LogP contribution in [0.1, 0.15) is 17.0 Å². The minimum atomic E-state index is 0.403. The summed E-state index contributed by atoms with van der Waals surface area (Å²) in [6.07, 6.45) is 17.1. The third-order valence-corrected chi connectivity index (χ3v) is 6.73. The Morgan fingerprint density at radius 3 is 2.79 bits per heavy atom. The zero-order valence-corrected chi connectivity index (χ0v) is 20.1. The normalized spacial score (nSPS) is 20.0. The zero-order chi connectivity index (χ0) is 23.3. The molecule has 3 heterocycles. The van der Waals surface area contributed by atoms with Crippen LogP contribution in [0.2, 0.25) is 10.0 Å². The molecule has 0 amide bonds. The topological polar surface area (TPSA) is 51.4 Å². The molecule has 3 aromatic rings. The van der Waals surface area contributed by atoms with Crippen molar-refractivity contribution >= 4 is 28.8 Å². The minimum absolute atomic E-state index is 0.403. The highest BCUT2D eigenvalue weighted by atomic mass is 35.5. The van der Waals surface area contributed by atoms with Gasteiger partial charge in [-0.2, -0.15) is 0 Å². The number of halogens is 2. The monoisotopic (exact) mass is 493 g/mol. The molecule has 0 radical (unpaired) electrons. The Balaban J connectivity index is 1.18. The van der Waals surface area contributed by atoms with Crippen molar-refractivity contribution in [1.82, 2.24) is 14.9 Å². The molecule has 0 N–H and O–H groups in total. The first-order valence-electron chi connectivity index (χ1n) is 11.3. The van der Waals surface area contributed by atoms with Gasteiger partial charge < -0.3 is 9.15 Å². The summed E-state index contributed by atoms with van der Waals surface area (Å²) < 4.78 is 11.4. The van der Waals surface area contributed by atoms with Crippen LogP contribution in [0.15, 0.2) is 83.9 Å². The van der Waals surface area contributed by atoms with Gasteiger partial charge in [-0.25, -0.2) is 4.98 Å². The predicted octanol–water partition coefficient (Wildman–Crippen LogP) is 6.26. The van der Waals surface area contributed by atoms with Gasteiger partial charge in [0.2, 0.25) is 0 Å². The molecule has 2 aliphatic rings. The number of ether oxygens (including phenoxy) is 1. The fourth-order valence-corrected chi connectivity index (χ4v) is 4.88. The molecule has 1 aromatic carbocycles. The maximum Gasteiger partial charge on any atom is 0.180 e. The first-order chi connectivity index (χ1) is 16.6. The van der Waals surface area contributed by atoms with Gasteiger partial charge in [-0.05, 0) is 53.3 Å². The molecule has 2 unspecified atom stereocenters. The van der Waals surface area contributed by atoms with Gasteiger partial charge in [-0.1, -0.05) is 53.6 Å². The molecule has 1 aliphatic heterocycles. The van der Waals surface area contributed by atoms with Gasteiger partial charge in [-0.15, -0.1) is 0 Å². The molecular formula is C27H25Cl2N3O2. The van der Waals surface area contributed by atoms with Gasteiger partial charge in [0.25, 0.3) is 0 Å². The maximum absolute atomic E-state index is 6.22. The van der Waals surface area contributed by atoms with E-state index in [-0.39, 0.29) is 0 Å². The maximum atomic E-state index is 6.22. The quantitative estimate of drug-likeness (QED) is 0.370. The van der Waals surface area contributed by atoms with E-state index in [1.165, 1.54) is 12.0 Å². The van der Waals surface area contributed by atoms with Crippen LogP contribution in [0, 0.1) is 11.8 Å². The average Bonchev–Trinajstić information content (AvgIpc) is 3.52. The number of aromatic nitrogens is 2. The van der Waals surface area contributed by atoms with Crippen molar-refractivity contribution in [3.05, 3.63) is 107 Å². The van der Waals surface area contributed by atoms with E-state index in [1.54, 1.807) is 18.2 Å². The Kier molecular flexibility index (Phi) is 7.14. The molecule has 174 valence electrons. The Bertz CT molecular complexity index is 1220. The average molecular weight is 494 g/mol. The molecular weight excluding hydrogens is 469 g/mol. The zero-order valence-electron chi connectivity index (χ0n) is 18.6. The molecule has 5 nitrogen and oxygen atoms in total. The number of pyridine rings is 1. The first-order valence-corrected chi connectivity index (χ1v) is 12.1. The summed E-state index contributed by atoms with van der Waals surface area (Å²) in [7, 11) is 0. The van der Waals surface area contributed by atoms with E-state index in [4.69, 9.17) is 32.4 Å². The van der Waals surface area contributed by atoms with E-state index in [2.05, 4.69) is 51.3 Å². The van der Waals surface area contributed by atoms with Gasteiger partial charge >= 0.3 is 0 Å². The van der Waals surface area contributed by atoms with E-state index in [0.29, 0.717) is 34.2 Å². The first kappa shape index (κ1) is 22.9. The van der Waals surface area contributed by atoms with Crippen molar-refractivity contribution in [2.24, 2.45) is 11.8 Å². The molecule has 0 saturated heterocycles. The second kappa shape index (κ2) is 10.6. The molecule has 34 heavy (non-hydrogen) atoms. The van der Waals surface area contributed by atoms with Crippen LogP contribution in [-0.2, 0) is 13.0 Å². The molecule has 0 spiro atoms.